The molecule has 4 nitrogen and oxygen atoms in total. The highest BCUT2D eigenvalue weighted by molar-refractivity contribution is 14.1. The van der Waals surface area contributed by atoms with Gasteiger partial charge in [0, 0.05) is 0 Å². The second-order valence-electron chi connectivity index (χ2n) is 16.5. The minimum atomic E-state index is 0.819. The van der Waals surface area contributed by atoms with E-state index < -0.39 is 0 Å². The number of benzene rings is 2. The third-order valence-electron chi connectivity index (χ3n) is 10.9. The van der Waals surface area contributed by atoms with E-state index in [1.54, 1.807) is 0 Å². The van der Waals surface area contributed by atoms with Crippen LogP contribution in [-0.2, 0) is 0 Å². The van der Waals surface area contributed by atoms with E-state index in [9.17, 15) is 0 Å². The Balaban J connectivity index is 0.000000581. The van der Waals surface area contributed by atoms with Crippen molar-refractivity contribution in [2.24, 2.45) is 0 Å². The van der Waals surface area contributed by atoms with Crippen LogP contribution < -0.4 is 18.9 Å². The summed E-state index contributed by atoms with van der Waals surface area (Å²) in [6, 6.07) is 12.4. The van der Waals surface area contributed by atoms with Gasteiger partial charge in [0.1, 0.15) is 23.0 Å². The Bertz CT molecular complexity index is 1050. The Morgan fingerprint density at radius 3 is 0.741 bits per heavy atom. The zero-order valence-corrected chi connectivity index (χ0v) is 42.6. The highest BCUT2D eigenvalue weighted by atomic mass is 127. The summed E-state index contributed by atoms with van der Waals surface area (Å²) in [5.74, 6) is 3.93. The Hall–Kier alpha value is -0.900. The molecule has 0 unspecified atom stereocenters. The lowest BCUT2D eigenvalue weighted by Crippen LogP contribution is -2.02. The minimum Gasteiger partial charge on any atom is -0.494 e. The summed E-state index contributed by atoms with van der Waals surface area (Å²) in [6.45, 7) is 12.4. The molecule has 0 heterocycles. The fraction of sp³-hybridized carbons (Fsp3) is 0.769. The summed E-state index contributed by atoms with van der Waals surface area (Å²) in [5.41, 5.74) is 0. The Kier molecular flexibility index (Phi) is 40.7. The Morgan fingerprint density at radius 1 is 0.293 bits per heavy atom. The first-order chi connectivity index (χ1) is 28.5. The monoisotopic (exact) mass is 1030 g/mol. The molecule has 0 saturated carbocycles. The van der Waals surface area contributed by atoms with E-state index in [0.29, 0.717) is 0 Å². The summed E-state index contributed by atoms with van der Waals surface area (Å²) in [5, 5.41) is 0. The van der Waals surface area contributed by atoms with Crippen LogP contribution >= 0.6 is 45.2 Å². The van der Waals surface area contributed by atoms with E-state index in [1.807, 2.05) is 24.3 Å². The van der Waals surface area contributed by atoms with Crippen molar-refractivity contribution in [3.05, 3.63) is 43.5 Å². The van der Waals surface area contributed by atoms with Crippen molar-refractivity contribution in [2.45, 2.75) is 233 Å². The Morgan fingerprint density at radius 2 is 0.500 bits per heavy atom. The molecule has 58 heavy (non-hydrogen) atoms. The van der Waals surface area contributed by atoms with Crippen LogP contribution in [0.2, 0.25) is 0 Å². The summed E-state index contributed by atoms with van der Waals surface area (Å²) in [6.07, 6.45) is 42.7. The molecule has 0 bridgehead atoms. The average Bonchev–Trinajstić information content (AvgIpc) is 3.23. The van der Waals surface area contributed by atoms with E-state index in [1.165, 1.54) is 180 Å². The standard InChI is InChI=1S/C26H44I2O2.C26H46O2/c1-3-5-7-9-11-13-15-17-19-29-25-21-24(28)26(22-23(25)27)30-20-18-16-14-12-10-8-6-4-2;1-3-5-7-9-11-13-15-17-23-27-25-19-21-26(22-20-25)28-24-18-16-14-12-10-8-6-4-2/h21-22H,3-20H2,1-2H3;19-22H,3-18,23-24H2,1-2H3. The van der Waals surface area contributed by atoms with Crippen molar-refractivity contribution in [1.82, 2.24) is 0 Å². The zero-order chi connectivity index (χ0) is 42.0. The molecular weight excluding hydrogens is 942 g/mol. The lowest BCUT2D eigenvalue weighted by molar-refractivity contribution is 0.293. The first kappa shape index (κ1) is 55.1. The highest BCUT2D eigenvalue weighted by Gasteiger charge is 2.09. The molecule has 0 aliphatic carbocycles. The molecule has 2 aromatic carbocycles. The molecule has 0 spiro atoms. The number of hydrogen-bond acceptors (Lipinski definition) is 4. The van der Waals surface area contributed by atoms with Crippen molar-refractivity contribution < 1.29 is 18.9 Å². The fourth-order valence-corrected chi connectivity index (χ4v) is 8.24. The van der Waals surface area contributed by atoms with Crippen molar-refractivity contribution in [3.63, 3.8) is 0 Å². The smallest absolute Gasteiger partial charge is 0.133 e. The lowest BCUT2D eigenvalue weighted by atomic mass is 10.1. The zero-order valence-electron chi connectivity index (χ0n) is 38.3. The molecule has 2 rings (SSSR count). The topological polar surface area (TPSA) is 36.9 Å². The van der Waals surface area contributed by atoms with Crippen LogP contribution in [-0.4, -0.2) is 26.4 Å². The van der Waals surface area contributed by atoms with Crippen LogP contribution in [0.25, 0.3) is 0 Å². The van der Waals surface area contributed by atoms with Crippen LogP contribution in [0.5, 0.6) is 23.0 Å². The van der Waals surface area contributed by atoms with E-state index in [-0.39, 0.29) is 0 Å². The molecule has 0 aromatic heterocycles. The number of rotatable bonds is 40. The quantitative estimate of drug-likeness (QED) is 0.0492. The molecule has 336 valence electrons. The molecule has 0 saturated heterocycles. The van der Waals surface area contributed by atoms with Gasteiger partial charge in [0.05, 0.1) is 33.6 Å². The first-order valence-corrected chi connectivity index (χ1v) is 26.8. The summed E-state index contributed by atoms with van der Waals surface area (Å²) >= 11 is 4.74. The predicted molar refractivity (Wildman–Crippen MR) is 271 cm³/mol. The molecule has 0 atom stereocenters. The van der Waals surface area contributed by atoms with Crippen LogP contribution in [0.3, 0.4) is 0 Å². The molecule has 0 amide bonds. The van der Waals surface area contributed by atoms with Crippen molar-refractivity contribution in [1.29, 1.82) is 0 Å². The predicted octanol–water partition coefficient (Wildman–Crippen LogP) is 18.7. The maximum Gasteiger partial charge on any atom is 0.133 e. The molecule has 6 heteroatoms. The minimum absolute atomic E-state index is 0.819. The molecule has 0 N–H and O–H groups in total. The van der Waals surface area contributed by atoms with E-state index in [4.69, 9.17) is 18.9 Å². The van der Waals surface area contributed by atoms with Gasteiger partial charge < -0.3 is 18.9 Å². The normalized spacial score (nSPS) is 11.0. The van der Waals surface area contributed by atoms with Gasteiger partial charge in [-0.15, -0.1) is 0 Å². The van der Waals surface area contributed by atoms with E-state index in [2.05, 4.69) is 85.0 Å². The van der Waals surface area contributed by atoms with Crippen LogP contribution in [0, 0.1) is 7.14 Å². The number of ether oxygens (including phenoxy) is 4. The van der Waals surface area contributed by atoms with Crippen molar-refractivity contribution in [2.75, 3.05) is 26.4 Å². The number of hydrogen-bond donors (Lipinski definition) is 0. The Labute approximate surface area is 387 Å². The maximum absolute atomic E-state index is 6.05. The first-order valence-electron chi connectivity index (χ1n) is 24.7. The summed E-state index contributed by atoms with van der Waals surface area (Å²) in [4.78, 5) is 0. The van der Waals surface area contributed by atoms with Gasteiger partial charge in [-0.1, -0.05) is 207 Å². The van der Waals surface area contributed by atoms with Crippen LogP contribution in [0.15, 0.2) is 36.4 Å². The van der Waals surface area contributed by atoms with Gasteiger partial charge in [-0.2, -0.15) is 0 Å². The molecular formula is C52H90I2O4. The molecule has 0 aliphatic heterocycles. The largest absolute Gasteiger partial charge is 0.494 e. The van der Waals surface area contributed by atoms with Gasteiger partial charge in [0.15, 0.2) is 0 Å². The molecule has 0 aliphatic rings. The van der Waals surface area contributed by atoms with Gasteiger partial charge in [0.2, 0.25) is 0 Å². The van der Waals surface area contributed by atoms with Crippen LogP contribution in [0.1, 0.15) is 233 Å². The van der Waals surface area contributed by atoms with Gasteiger partial charge in [0.25, 0.3) is 0 Å². The van der Waals surface area contributed by atoms with Gasteiger partial charge in [-0.05, 0) is 107 Å². The lowest BCUT2D eigenvalue weighted by Gasteiger charge is -2.13. The molecule has 0 radical (unpaired) electrons. The van der Waals surface area contributed by atoms with Crippen molar-refractivity contribution >= 4 is 45.2 Å². The highest BCUT2D eigenvalue weighted by Crippen LogP contribution is 2.32. The summed E-state index contributed by atoms with van der Waals surface area (Å²) in [7, 11) is 0. The second kappa shape index (κ2) is 42.8. The third kappa shape index (κ3) is 33.8. The maximum atomic E-state index is 6.05. The number of halogens is 2. The molecule has 2 aromatic rings. The van der Waals surface area contributed by atoms with Gasteiger partial charge in [-0.3, -0.25) is 0 Å². The third-order valence-corrected chi connectivity index (χ3v) is 12.5. The fourth-order valence-electron chi connectivity index (χ4n) is 7.05. The summed E-state index contributed by atoms with van der Waals surface area (Å²) < 4.78 is 26.1. The van der Waals surface area contributed by atoms with Crippen LogP contribution in [0.4, 0.5) is 0 Å². The average molecular weight is 1030 g/mol. The SMILES string of the molecule is CCCCCCCCCCOc1cc(I)c(OCCCCCCCCCC)cc1I.CCCCCCCCCCOc1ccc(OCCCCCCCCCC)cc1. The van der Waals surface area contributed by atoms with Gasteiger partial charge >= 0.3 is 0 Å². The van der Waals surface area contributed by atoms with Crippen molar-refractivity contribution in [3.8, 4) is 23.0 Å². The second-order valence-corrected chi connectivity index (χ2v) is 18.8. The van der Waals surface area contributed by atoms with Gasteiger partial charge in [-0.25, -0.2) is 0 Å². The van der Waals surface area contributed by atoms with E-state index >= 15 is 0 Å². The number of unbranched alkanes of at least 4 members (excludes halogenated alkanes) is 28. The molecule has 0 fully saturated rings. The van der Waals surface area contributed by atoms with E-state index in [0.717, 1.165) is 82.2 Å².